The van der Waals surface area contributed by atoms with Crippen LogP contribution in [0.25, 0.3) is 32.9 Å². The molecule has 0 unspecified atom stereocenters. The molecule has 0 aliphatic carbocycles. The quantitative estimate of drug-likeness (QED) is 0.344. The fraction of sp³-hybridized carbons (Fsp3) is 0.138. The zero-order valence-corrected chi connectivity index (χ0v) is 19.3. The van der Waals surface area contributed by atoms with Gasteiger partial charge in [0.05, 0.1) is 18.6 Å². The standard InChI is InChI=1S/C19H17NO3.C10H10N2/c21-17-13-18(20-9-11-22-12-10-20)23-19-15(7-4-8-16(17)19)14-5-2-1-3-6-14;11-9-5-1-3-7-8(9)4-2-6-10(7)12/h1-8,13H,9-12H2;1-6H,11-12H2. The van der Waals surface area contributed by atoms with E-state index in [-0.39, 0.29) is 5.43 Å². The minimum atomic E-state index is -0.00878. The van der Waals surface area contributed by atoms with Crippen LogP contribution in [0, 0.1) is 0 Å². The zero-order chi connectivity index (χ0) is 24.2. The van der Waals surface area contributed by atoms with Gasteiger partial charge in [0.2, 0.25) is 0 Å². The van der Waals surface area contributed by atoms with Crippen molar-refractivity contribution in [3.63, 3.8) is 0 Å². The third-order valence-corrected chi connectivity index (χ3v) is 6.14. The molecule has 1 aliphatic heterocycles. The first-order valence-electron chi connectivity index (χ1n) is 11.6. The Morgan fingerprint density at radius 3 is 1.94 bits per heavy atom. The summed E-state index contributed by atoms with van der Waals surface area (Å²) in [5, 5.41) is 2.67. The van der Waals surface area contributed by atoms with Gasteiger partial charge in [0.25, 0.3) is 0 Å². The molecule has 0 atom stereocenters. The number of nitrogen functional groups attached to an aromatic ring is 2. The van der Waals surface area contributed by atoms with E-state index in [9.17, 15) is 4.79 Å². The fourth-order valence-electron chi connectivity index (χ4n) is 4.31. The zero-order valence-electron chi connectivity index (χ0n) is 19.3. The van der Waals surface area contributed by atoms with E-state index in [1.807, 2.05) is 84.9 Å². The number of anilines is 3. The van der Waals surface area contributed by atoms with Crippen LogP contribution in [0.4, 0.5) is 17.3 Å². The summed E-state index contributed by atoms with van der Waals surface area (Å²) in [7, 11) is 0. The molecule has 2 heterocycles. The summed E-state index contributed by atoms with van der Waals surface area (Å²) < 4.78 is 11.5. The lowest BCUT2D eigenvalue weighted by atomic mass is 10.0. The number of benzene rings is 4. The number of nitrogens with zero attached hydrogens (tertiary/aromatic N) is 1. The molecule has 35 heavy (non-hydrogen) atoms. The summed E-state index contributed by atoms with van der Waals surface area (Å²) >= 11 is 0. The predicted molar refractivity (Wildman–Crippen MR) is 144 cm³/mol. The van der Waals surface area contributed by atoms with Gasteiger partial charge in [-0.1, -0.05) is 66.7 Å². The molecule has 1 fully saturated rings. The number of nitrogens with two attached hydrogens (primary N) is 2. The first kappa shape index (κ1) is 22.5. The van der Waals surface area contributed by atoms with E-state index in [0.29, 0.717) is 30.1 Å². The van der Waals surface area contributed by atoms with Gasteiger partial charge >= 0.3 is 0 Å². The van der Waals surface area contributed by atoms with Crippen molar-refractivity contribution >= 4 is 39.0 Å². The van der Waals surface area contributed by atoms with Gasteiger partial charge in [0.1, 0.15) is 5.58 Å². The van der Waals surface area contributed by atoms with Crippen LogP contribution in [0.2, 0.25) is 0 Å². The van der Waals surface area contributed by atoms with Gasteiger partial charge in [-0.25, -0.2) is 0 Å². The molecular weight excluding hydrogens is 438 g/mol. The number of rotatable bonds is 2. The van der Waals surface area contributed by atoms with Crippen LogP contribution in [-0.2, 0) is 4.74 Å². The largest absolute Gasteiger partial charge is 0.440 e. The lowest BCUT2D eigenvalue weighted by Gasteiger charge is -2.27. The highest BCUT2D eigenvalue weighted by atomic mass is 16.5. The van der Waals surface area contributed by atoms with Crippen LogP contribution in [0.5, 0.6) is 0 Å². The van der Waals surface area contributed by atoms with Crippen molar-refractivity contribution in [2.24, 2.45) is 0 Å². The van der Waals surface area contributed by atoms with Gasteiger partial charge < -0.3 is 25.5 Å². The first-order valence-corrected chi connectivity index (χ1v) is 11.6. The van der Waals surface area contributed by atoms with Gasteiger partial charge in [-0.05, 0) is 23.8 Å². The van der Waals surface area contributed by atoms with Gasteiger partial charge in [0.15, 0.2) is 11.3 Å². The minimum absolute atomic E-state index is 0.00878. The Kier molecular flexibility index (Phi) is 6.37. The molecule has 1 aromatic heterocycles. The SMILES string of the molecule is Nc1cccc2c(N)cccc12.O=c1cc(N2CCOCC2)oc2c(-c3ccccc3)cccc12. The van der Waals surface area contributed by atoms with E-state index < -0.39 is 0 Å². The molecule has 0 saturated carbocycles. The molecule has 6 rings (SSSR count). The Morgan fingerprint density at radius 2 is 1.29 bits per heavy atom. The van der Waals surface area contributed by atoms with Crippen LogP contribution in [0.1, 0.15) is 0 Å². The molecule has 6 heteroatoms. The highest BCUT2D eigenvalue weighted by Crippen LogP contribution is 2.30. The molecular formula is C29H27N3O3. The van der Waals surface area contributed by atoms with Gasteiger partial charge in [-0.3, -0.25) is 4.79 Å². The summed E-state index contributed by atoms with van der Waals surface area (Å²) in [6.45, 7) is 2.79. The number of para-hydroxylation sites is 1. The van der Waals surface area contributed by atoms with Crippen molar-refractivity contribution in [3.8, 4) is 11.1 Å². The van der Waals surface area contributed by atoms with E-state index in [0.717, 1.165) is 46.4 Å². The van der Waals surface area contributed by atoms with Crippen molar-refractivity contribution in [2.75, 3.05) is 42.7 Å². The maximum Gasteiger partial charge on any atom is 0.200 e. The topological polar surface area (TPSA) is 94.7 Å². The van der Waals surface area contributed by atoms with Crippen molar-refractivity contribution in [3.05, 3.63) is 101 Å². The molecule has 0 bridgehead atoms. The Balaban J connectivity index is 0.000000178. The predicted octanol–water partition coefficient (Wildman–Crippen LogP) is 5.30. The van der Waals surface area contributed by atoms with E-state index in [1.165, 1.54) is 0 Å². The summed E-state index contributed by atoms with van der Waals surface area (Å²) in [6.07, 6.45) is 0. The van der Waals surface area contributed by atoms with E-state index in [2.05, 4.69) is 4.90 Å². The first-order chi connectivity index (χ1) is 17.1. The highest BCUT2D eigenvalue weighted by molar-refractivity contribution is 5.99. The maximum atomic E-state index is 12.5. The minimum Gasteiger partial charge on any atom is -0.440 e. The van der Waals surface area contributed by atoms with Crippen LogP contribution in [0.15, 0.2) is 100 Å². The monoisotopic (exact) mass is 465 g/mol. The smallest absolute Gasteiger partial charge is 0.200 e. The molecule has 6 nitrogen and oxygen atoms in total. The van der Waals surface area contributed by atoms with Crippen LogP contribution < -0.4 is 21.8 Å². The lowest BCUT2D eigenvalue weighted by Crippen LogP contribution is -2.36. The van der Waals surface area contributed by atoms with Crippen LogP contribution in [0.3, 0.4) is 0 Å². The Bertz CT molecular complexity index is 1480. The molecule has 4 N–H and O–H groups in total. The highest BCUT2D eigenvalue weighted by Gasteiger charge is 2.17. The number of ether oxygens (including phenoxy) is 1. The fourth-order valence-corrected chi connectivity index (χ4v) is 4.31. The second kappa shape index (κ2) is 9.91. The second-order valence-corrected chi connectivity index (χ2v) is 8.39. The van der Waals surface area contributed by atoms with Crippen molar-refractivity contribution in [1.29, 1.82) is 0 Å². The molecule has 5 aromatic rings. The number of morpholine rings is 1. The average Bonchev–Trinajstić information content (AvgIpc) is 2.90. The van der Waals surface area contributed by atoms with Crippen LogP contribution in [-0.4, -0.2) is 26.3 Å². The number of hydrogen-bond acceptors (Lipinski definition) is 6. The van der Waals surface area contributed by atoms with Crippen molar-refractivity contribution in [2.45, 2.75) is 0 Å². The van der Waals surface area contributed by atoms with E-state index in [4.69, 9.17) is 20.6 Å². The molecule has 0 radical (unpaired) electrons. The summed E-state index contributed by atoms with van der Waals surface area (Å²) in [5.41, 5.74) is 15.7. The van der Waals surface area contributed by atoms with Gasteiger partial charge in [0, 0.05) is 46.9 Å². The van der Waals surface area contributed by atoms with Crippen molar-refractivity contribution < 1.29 is 9.15 Å². The normalized spacial score (nSPS) is 13.4. The Morgan fingerprint density at radius 1 is 0.686 bits per heavy atom. The molecule has 1 aliphatic rings. The number of hydrogen-bond donors (Lipinski definition) is 2. The molecule has 0 amide bonds. The molecule has 176 valence electrons. The molecule has 4 aromatic carbocycles. The summed E-state index contributed by atoms with van der Waals surface area (Å²) in [5.74, 6) is 0.620. The second-order valence-electron chi connectivity index (χ2n) is 8.39. The van der Waals surface area contributed by atoms with Crippen LogP contribution >= 0.6 is 0 Å². The molecule has 1 saturated heterocycles. The van der Waals surface area contributed by atoms with Gasteiger partial charge in [-0.15, -0.1) is 0 Å². The Labute approximate surface area is 203 Å². The molecule has 0 spiro atoms. The Hall–Kier alpha value is -4.29. The third-order valence-electron chi connectivity index (χ3n) is 6.14. The van der Waals surface area contributed by atoms with Crippen molar-refractivity contribution in [1.82, 2.24) is 0 Å². The lowest BCUT2D eigenvalue weighted by molar-refractivity contribution is 0.121. The van der Waals surface area contributed by atoms with E-state index in [1.54, 1.807) is 6.07 Å². The maximum absolute atomic E-state index is 12.5. The van der Waals surface area contributed by atoms with Gasteiger partial charge in [-0.2, -0.15) is 0 Å². The van der Waals surface area contributed by atoms with E-state index >= 15 is 0 Å². The number of fused-ring (bicyclic) bond motifs is 2. The summed E-state index contributed by atoms with van der Waals surface area (Å²) in [6, 6.07) is 28.8. The average molecular weight is 466 g/mol. The third kappa shape index (κ3) is 4.69. The summed E-state index contributed by atoms with van der Waals surface area (Å²) in [4.78, 5) is 14.6.